The minimum absolute atomic E-state index is 0.182. The molecule has 2 N–H and O–H groups in total. The molecule has 6 nitrogen and oxygen atoms in total. The maximum Gasteiger partial charge on any atom is 0.308 e. The van der Waals surface area contributed by atoms with Crippen molar-refractivity contribution in [2.24, 2.45) is 13.0 Å². The minimum Gasteiger partial charge on any atom is -0.481 e. The van der Waals surface area contributed by atoms with Crippen molar-refractivity contribution in [3.05, 3.63) is 52.8 Å². The van der Waals surface area contributed by atoms with Crippen LogP contribution in [0.4, 0.5) is 0 Å². The third-order valence-electron chi connectivity index (χ3n) is 4.36. The van der Waals surface area contributed by atoms with Gasteiger partial charge < -0.3 is 10.4 Å². The molecule has 0 aliphatic carbocycles. The van der Waals surface area contributed by atoms with Gasteiger partial charge in [0, 0.05) is 18.3 Å². The first-order valence-corrected chi connectivity index (χ1v) is 7.87. The zero-order valence-corrected chi connectivity index (χ0v) is 14.4. The monoisotopic (exact) mass is 329 g/mol. The van der Waals surface area contributed by atoms with E-state index in [0.29, 0.717) is 0 Å². The molecule has 24 heavy (non-hydrogen) atoms. The molecule has 2 rings (SSSR count). The third-order valence-corrected chi connectivity index (χ3v) is 4.36. The first kappa shape index (κ1) is 17.7. The van der Waals surface area contributed by atoms with Crippen LogP contribution in [0.3, 0.4) is 0 Å². The molecule has 6 heteroatoms. The van der Waals surface area contributed by atoms with Gasteiger partial charge in [-0.3, -0.25) is 14.3 Å². The van der Waals surface area contributed by atoms with E-state index in [4.69, 9.17) is 0 Å². The van der Waals surface area contributed by atoms with Crippen LogP contribution < -0.4 is 5.32 Å². The average molecular weight is 329 g/mol. The van der Waals surface area contributed by atoms with Gasteiger partial charge in [0.1, 0.15) is 0 Å². The summed E-state index contributed by atoms with van der Waals surface area (Å²) in [7, 11) is 1.84. The van der Waals surface area contributed by atoms with Crippen molar-refractivity contribution in [2.45, 2.75) is 33.2 Å². The Balaban J connectivity index is 2.20. The summed E-state index contributed by atoms with van der Waals surface area (Å²) in [5.41, 5.74) is 3.41. The van der Waals surface area contributed by atoms with Crippen LogP contribution in [-0.4, -0.2) is 26.8 Å². The lowest BCUT2D eigenvalue weighted by molar-refractivity contribution is -0.142. The number of carbonyl (C=O) groups excluding carboxylic acids is 1. The lowest BCUT2D eigenvalue weighted by Gasteiger charge is -2.23. The molecule has 0 aliphatic rings. The maximum atomic E-state index is 12.5. The summed E-state index contributed by atoms with van der Waals surface area (Å²) in [6.07, 6.45) is 0.182. The van der Waals surface area contributed by atoms with Crippen LogP contribution in [-0.2, 0) is 23.1 Å². The van der Waals surface area contributed by atoms with E-state index in [-0.39, 0.29) is 12.3 Å². The van der Waals surface area contributed by atoms with Crippen LogP contribution in [0.25, 0.3) is 0 Å². The first-order chi connectivity index (χ1) is 11.3. The fraction of sp³-hybridized carbons (Fsp3) is 0.389. The van der Waals surface area contributed by atoms with E-state index in [2.05, 4.69) is 10.4 Å². The van der Waals surface area contributed by atoms with E-state index in [0.717, 1.165) is 22.5 Å². The Hall–Kier alpha value is -2.63. The van der Waals surface area contributed by atoms with E-state index >= 15 is 0 Å². The fourth-order valence-electron chi connectivity index (χ4n) is 2.76. The number of carbonyl (C=O) groups is 2. The minimum atomic E-state index is -0.946. The molecule has 2 atom stereocenters. The Morgan fingerprint density at radius 2 is 1.88 bits per heavy atom. The Bertz CT molecular complexity index is 737. The summed E-state index contributed by atoms with van der Waals surface area (Å²) < 4.78 is 1.74. The number of hydrogen-bond acceptors (Lipinski definition) is 3. The van der Waals surface area contributed by atoms with E-state index in [9.17, 15) is 14.7 Å². The third kappa shape index (κ3) is 3.82. The molecular weight excluding hydrogens is 306 g/mol. The molecule has 1 heterocycles. The van der Waals surface area contributed by atoms with Crippen LogP contribution in [0.5, 0.6) is 0 Å². The number of hydrogen-bond donors (Lipinski definition) is 2. The molecule has 0 saturated carbocycles. The molecule has 0 spiro atoms. The smallest absolute Gasteiger partial charge is 0.308 e. The Morgan fingerprint density at radius 3 is 2.38 bits per heavy atom. The van der Waals surface area contributed by atoms with Crippen LogP contribution >= 0.6 is 0 Å². The quantitative estimate of drug-likeness (QED) is 0.850. The summed E-state index contributed by atoms with van der Waals surface area (Å²) in [5, 5.41) is 16.5. The highest BCUT2D eigenvalue weighted by Crippen LogP contribution is 2.23. The first-order valence-electron chi connectivity index (χ1n) is 7.87. The van der Waals surface area contributed by atoms with Crippen molar-refractivity contribution in [1.29, 1.82) is 0 Å². The van der Waals surface area contributed by atoms with Gasteiger partial charge in [-0.25, -0.2) is 0 Å². The van der Waals surface area contributed by atoms with Gasteiger partial charge in [0.25, 0.3) is 0 Å². The Kier molecular flexibility index (Phi) is 5.39. The van der Waals surface area contributed by atoms with Gasteiger partial charge in [-0.1, -0.05) is 30.3 Å². The molecule has 1 aromatic carbocycles. The molecule has 0 aliphatic heterocycles. The summed E-state index contributed by atoms with van der Waals surface area (Å²) >= 11 is 0. The molecule has 0 saturated heterocycles. The number of aryl methyl sites for hydroxylation is 2. The zero-order valence-electron chi connectivity index (χ0n) is 14.4. The number of aliphatic carboxylic acids is 1. The number of benzene rings is 1. The van der Waals surface area contributed by atoms with E-state index in [1.54, 1.807) is 11.6 Å². The highest BCUT2D eigenvalue weighted by atomic mass is 16.4. The number of rotatable bonds is 6. The van der Waals surface area contributed by atoms with Crippen molar-refractivity contribution >= 4 is 11.9 Å². The Morgan fingerprint density at radius 1 is 1.25 bits per heavy atom. The van der Waals surface area contributed by atoms with Crippen molar-refractivity contribution in [2.75, 3.05) is 0 Å². The number of nitrogens with zero attached hydrogens (tertiary/aromatic N) is 2. The lowest BCUT2D eigenvalue weighted by atomic mass is 9.94. The van der Waals surface area contributed by atoms with Gasteiger partial charge >= 0.3 is 5.97 Å². The van der Waals surface area contributed by atoms with Crippen LogP contribution in [0.1, 0.15) is 35.5 Å². The van der Waals surface area contributed by atoms with E-state index < -0.39 is 17.9 Å². The van der Waals surface area contributed by atoms with Gasteiger partial charge in [0.2, 0.25) is 5.91 Å². The predicted molar refractivity (Wildman–Crippen MR) is 90.5 cm³/mol. The van der Waals surface area contributed by atoms with Crippen LogP contribution in [0.2, 0.25) is 0 Å². The number of nitrogens with one attached hydrogen (secondary N) is 1. The molecule has 1 aromatic heterocycles. The topological polar surface area (TPSA) is 84.2 Å². The molecule has 0 radical (unpaired) electrons. The Labute approximate surface area is 141 Å². The number of carboxylic acid groups (broad SMARTS) is 1. The van der Waals surface area contributed by atoms with E-state index in [1.165, 1.54) is 0 Å². The second-order valence-electron chi connectivity index (χ2n) is 6.03. The summed E-state index contributed by atoms with van der Waals surface area (Å²) in [6, 6.07) is 8.59. The van der Waals surface area contributed by atoms with Gasteiger partial charge in [-0.15, -0.1) is 0 Å². The highest BCUT2D eigenvalue weighted by molar-refractivity contribution is 5.81. The second-order valence-corrected chi connectivity index (χ2v) is 6.03. The molecule has 2 aromatic rings. The number of carboxylic acids is 1. The standard InChI is InChI=1S/C18H23N3O3/c1-11(18(23)24)17(14-8-6-5-7-9-14)19-16(22)10-15-12(2)20-21(4)13(15)3/h5-9,11,17H,10H2,1-4H3,(H,19,22)(H,23,24). The zero-order chi connectivity index (χ0) is 17.9. The fourth-order valence-corrected chi connectivity index (χ4v) is 2.76. The SMILES string of the molecule is Cc1nn(C)c(C)c1CC(=O)NC(c1ccccc1)C(C)C(=O)O. The average Bonchev–Trinajstić information content (AvgIpc) is 2.79. The van der Waals surface area contributed by atoms with Crippen molar-refractivity contribution in [3.8, 4) is 0 Å². The van der Waals surface area contributed by atoms with Crippen molar-refractivity contribution < 1.29 is 14.7 Å². The summed E-state index contributed by atoms with van der Waals surface area (Å²) in [4.78, 5) is 23.9. The number of amides is 1. The molecular formula is C18H23N3O3. The summed E-state index contributed by atoms with van der Waals surface area (Å²) in [5.74, 6) is -1.89. The van der Waals surface area contributed by atoms with Crippen molar-refractivity contribution in [1.82, 2.24) is 15.1 Å². The van der Waals surface area contributed by atoms with Crippen LogP contribution in [0.15, 0.2) is 30.3 Å². The molecule has 1 amide bonds. The van der Waals surface area contributed by atoms with Gasteiger partial charge in [0.15, 0.2) is 0 Å². The van der Waals surface area contributed by atoms with E-state index in [1.807, 2.05) is 51.2 Å². The second kappa shape index (κ2) is 7.29. The normalized spacial score (nSPS) is 13.3. The molecule has 2 unspecified atom stereocenters. The summed E-state index contributed by atoms with van der Waals surface area (Å²) in [6.45, 7) is 5.38. The molecule has 128 valence electrons. The van der Waals surface area contributed by atoms with Crippen molar-refractivity contribution in [3.63, 3.8) is 0 Å². The van der Waals surface area contributed by atoms with Gasteiger partial charge in [-0.05, 0) is 26.3 Å². The van der Waals surface area contributed by atoms with Gasteiger partial charge in [-0.2, -0.15) is 5.10 Å². The number of aromatic nitrogens is 2. The predicted octanol–water partition coefficient (Wildman–Crippen LogP) is 2.16. The largest absolute Gasteiger partial charge is 0.481 e. The molecule has 0 bridgehead atoms. The highest BCUT2D eigenvalue weighted by Gasteiger charge is 2.27. The lowest BCUT2D eigenvalue weighted by Crippen LogP contribution is -2.36. The van der Waals surface area contributed by atoms with Gasteiger partial charge in [0.05, 0.1) is 24.1 Å². The maximum absolute atomic E-state index is 12.5. The molecule has 0 fully saturated rings. The van der Waals surface area contributed by atoms with Crippen LogP contribution in [0, 0.1) is 19.8 Å².